The fourth-order valence-corrected chi connectivity index (χ4v) is 2.86. The van der Waals surface area contributed by atoms with Crippen molar-refractivity contribution in [3.63, 3.8) is 0 Å². The number of fused-ring (bicyclic) bond motifs is 1. The van der Waals surface area contributed by atoms with E-state index in [1.165, 1.54) is 0 Å². The zero-order valence-corrected chi connectivity index (χ0v) is 14.1. The summed E-state index contributed by atoms with van der Waals surface area (Å²) in [7, 11) is 0. The summed E-state index contributed by atoms with van der Waals surface area (Å²) in [6.07, 6.45) is 1.93. The average Bonchev–Trinajstić information content (AvgIpc) is 3.06. The Morgan fingerprint density at radius 1 is 0.920 bits per heavy atom. The van der Waals surface area contributed by atoms with Crippen LogP contribution in [0.1, 0.15) is 5.56 Å². The van der Waals surface area contributed by atoms with Crippen LogP contribution in [-0.4, -0.2) is 19.6 Å². The molecule has 2 aromatic heterocycles. The van der Waals surface area contributed by atoms with Gasteiger partial charge >= 0.3 is 0 Å². The molecule has 0 saturated heterocycles. The molecule has 0 atom stereocenters. The van der Waals surface area contributed by atoms with Gasteiger partial charge in [0.1, 0.15) is 4.99 Å². The van der Waals surface area contributed by atoms with Gasteiger partial charge in [-0.3, -0.25) is 0 Å². The van der Waals surface area contributed by atoms with Crippen LogP contribution in [0.3, 0.4) is 0 Å². The molecule has 0 aliphatic rings. The summed E-state index contributed by atoms with van der Waals surface area (Å²) >= 11 is 5.22. The molecule has 0 spiro atoms. The van der Waals surface area contributed by atoms with Gasteiger partial charge in [0.25, 0.3) is 0 Å². The van der Waals surface area contributed by atoms with Gasteiger partial charge in [-0.05, 0) is 35.9 Å². The summed E-state index contributed by atoms with van der Waals surface area (Å²) in [6, 6.07) is 19.4. The number of nitrogen functional groups attached to an aromatic ring is 1. The minimum Gasteiger partial charge on any atom is -0.399 e. The van der Waals surface area contributed by atoms with Gasteiger partial charge in [-0.2, -0.15) is 0 Å². The largest absolute Gasteiger partial charge is 0.399 e. The first-order valence-electron chi connectivity index (χ1n) is 7.73. The van der Waals surface area contributed by atoms with Gasteiger partial charge in [0.05, 0.1) is 5.56 Å². The molecule has 4 N–H and O–H groups in total. The number of hydrogen-bond donors (Lipinski definition) is 2. The highest BCUT2D eigenvalue weighted by Gasteiger charge is 2.14. The van der Waals surface area contributed by atoms with Crippen LogP contribution in [0.25, 0.3) is 28.2 Å². The quantitative estimate of drug-likeness (QED) is 0.440. The minimum atomic E-state index is 0.291. The number of nitrogens with two attached hydrogens (primary N) is 2. The molecule has 0 aliphatic carbocycles. The van der Waals surface area contributed by atoms with Crippen molar-refractivity contribution in [2.45, 2.75) is 0 Å². The first-order chi connectivity index (χ1) is 12.1. The lowest BCUT2D eigenvalue weighted by Crippen LogP contribution is -2.11. The van der Waals surface area contributed by atoms with Gasteiger partial charge in [0.15, 0.2) is 11.5 Å². The molecule has 0 fully saturated rings. The Balaban J connectivity index is 1.92. The number of rotatable bonds is 3. The van der Waals surface area contributed by atoms with E-state index in [0.29, 0.717) is 27.7 Å². The van der Waals surface area contributed by atoms with Crippen LogP contribution in [-0.2, 0) is 0 Å². The van der Waals surface area contributed by atoms with Crippen LogP contribution in [0.15, 0.2) is 66.9 Å². The van der Waals surface area contributed by atoms with E-state index in [1.54, 1.807) is 4.52 Å². The number of pyridine rings is 1. The Morgan fingerprint density at radius 2 is 1.64 bits per heavy atom. The third kappa shape index (κ3) is 2.83. The maximum atomic E-state index is 5.93. The molecule has 2 heterocycles. The summed E-state index contributed by atoms with van der Waals surface area (Å²) in [4.78, 5) is 4.90. The van der Waals surface area contributed by atoms with Gasteiger partial charge in [0, 0.05) is 23.0 Å². The van der Waals surface area contributed by atoms with E-state index in [-0.39, 0.29) is 0 Å². The van der Waals surface area contributed by atoms with E-state index in [9.17, 15) is 0 Å². The zero-order chi connectivity index (χ0) is 17.4. The van der Waals surface area contributed by atoms with E-state index >= 15 is 0 Å². The molecule has 122 valence electrons. The van der Waals surface area contributed by atoms with Crippen molar-refractivity contribution in [2.75, 3.05) is 5.73 Å². The Kier molecular flexibility index (Phi) is 3.66. The highest BCUT2D eigenvalue weighted by atomic mass is 32.1. The maximum Gasteiger partial charge on any atom is 0.182 e. The van der Waals surface area contributed by atoms with Gasteiger partial charge in [0.2, 0.25) is 0 Å². The zero-order valence-electron chi connectivity index (χ0n) is 13.3. The molecule has 0 aliphatic heterocycles. The van der Waals surface area contributed by atoms with Crippen molar-refractivity contribution in [3.8, 4) is 22.5 Å². The second-order valence-corrected chi connectivity index (χ2v) is 6.14. The summed E-state index contributed by atoms with van der Waals surface area (Å²) in [5.41, 5.74) is 16.6. The van der Waals surface area contributed by atoms with Crippen LogP contribution in [0, 0.1) is 0 Å². The van der Waals surface area contributed by atoms with Crippen molar-refractivity contribution < 1.29 is 0 Å². The molecule has 25 heavy (non-hydrogen) atoms. The molecule has 4 rings (SSSR count). The van der Waals surface area contributed by atoms with E-state index in [2.05, 4.69) is 10.1 Å². The monoisotopic (exact) mass is 345 g/mol. The summed E-state index contributed by atoms with van der Waals surface area (Å²) in [5, 5.41) is 4.59. The molecule has 0 saturated carbocycles. The number of aromatic nitrogens is 3. The molecule has 0 unspecified atom stereocenters. The Hall–Kier alpha value is -3.25. The number of nitrogens with zero attached hydrogens (tertiary/aromatic N) is 3. The molecule has 2 aromatic carbocycles. The molecular weight excluding hydrogens is 330 g/mol. The van der Waals surface area contributed by atoms with Crippen molar-refractivity contribution >= 4 is 28.5 Å². The van der Waals surface area contributed by atoms with E-state index in [0.717, 1.165) is 16.7 Å². The molecule has 5 nitrogen and oxygen atoms in total. The summed E-state index contributed by atoms with van der Waals surface area (Å²) < 4.78 is 1.72. The Labute approximate surface area is 149 Å². The predicted molar refractivity (Wildman–Crippen MR) is 104 cm³/mol. The highest BCUT2D eigenvalue weighted by molar-refractivity contribution is 7.80. The molecule has 4 aromatic rings. The van der Waals surface area contributed by atoms with Crippen LogP contribution in [0.4, 0.5) is 5.69 Å². The lowest BCUT2D eigenvalue weighted by Gasteiger charge is -2.06. The second-order valence-electron chi connectivity index (χ2n) is 5.70. The van der Waals surface area contributed by atoms with Crippen molar-refractivity contribution in [3.05, 3.63) is 72.4 Å². The molecule has 0 bridgehead atoms. The number of thiocarbonyl (C=S) groups is 1. The number of hydrogen-bond acceptors (Lipinski definition) is 4. The molecular formula is C19H15N5S. The first-order valence-corrected chi connectivity index (χ1v) is 8.14. The molecule has 0 radical (unpaired) electrons. The van der Waals surface area contributed by atoms with Crippen molar-refractivity contribution in [1.82, 2.24) is 14.6 Å². The third-order valence-corrected chi connectivity index (χ3v) is 4.19. The minimum absolute atomic E-state index is 0.291. The van der Waals surface area contributed by atoms with Gasteiger partial charge < -0.3 is 11.5 Å². The Morgan fingerprint density at radius 3 is 2.32 bits per heavy atom. The normalized spacial score (nSPS) is 10.9. The highest BCUT2D eigenvalue weighted by Crippen LogP contribution is 2.25. The Bertz CT molecular complexity index is 1070. The SMILES string of the molecule is NC(=S)c1cc(-c2ccccc2)cn2nc(-c3ccc(N)cc3)nc12. The van der Waals surface area contributed by atoms with Crippen LogP contribution in [0.2, 0.25) is 0 Å². The number of benzene rings is 2. The smallest absolute Gasteiger partial charge is 0.182 e. The number of anilines is 1. The summed E-state index contributed by atoms with van der Waals surface area (Å²) in [6.45, 7) is 0. The topological polar surface area (TPSA) is 82.2 Å². The fraction of sp³-hybridized carbons (Fsp3) is 0. The molecule has 6 heteroatoms. The second kappa shape index (κ2) is 5.99. The first kappa shape index (κ1) is 15.3. The van der Waals surface area contributed by atoms with E-state index in [4.69, 9.17) is 23.7 Å². The van der Waals surface area contributed by atoms with Crippen LogP contribution >= 0.6 is 12.2 Å². The van der Waals surface area contributed by atoms with Gasteiger partial charge in [-0.25, -0.2) is 9.50 Å². The fourth-order valence-electron chi connectivity index (χ4n) is 2.71. The van der Waals surface area contributed by atoms with Crippen LogP contribution < -0.4 is 11.5 Å². The summed E-state index contributed by atoms with van der Waals surface area (Å²) in [5.74, 6) is 0.600. The third-order valence-electron chi connectivity index (χ3n) is 3.97. The average molecular weight is 345 g/mol. The lowest BCUT2D eigenvalue weighted by atomic mass is 10.1. The lowest BCUT2D eigenvalue weighted by molar-refractivity contribution is 0.966. The van der Waals surface area contributed by atoms with E-state index < -0.39 is 0 Å². The van der Waals surface area contributed by atoms with Gasteiger partial charge in [-0.15, -0.1) is 5.10 Å². The predicted octanol–water partition coefficient (Wildman–Crippen LogP) is 3.28. The van der Waals surface area contributed by atoms with E-state index in [1.807, 2.05) is 66.9 Å². The maximum absolute atomic E-state index is 5.93. The van der Waals surface area contributed by atoms with Crippen molar-refractivity contribution in [1.29, 1.82) is 0 Å². The molecule has 0 amide bonds. The van der Waals surface area contributed by atoms with Gasteiger partial charge in [-0.1, -0.05) is 42.5 Å². The van der Waals surface area contributed by atoms with Crippen LogP contribution in [0.5, 0.6) is 0 Å². The standard InChI is InChI=1S/C19H15N5S/c20-15-8-6-13(7-9-15)18-22-19-16(17(21)25)10-14(11-24(19)23-18)12-4-2-1-3-5-12/h1-11H,20H2,(H2,21,25). The van der Waals surface area contributed by atoms with Crippen molar-refractivity contribution in [2.24, 2.45) is 5.73 Å².